The van der Waals surface area contributed by atoms with Gasteiger partial charge in [-0.3, -0.25) is 0 Å². The van der Waals surface area contributed by atoms with Gasteiger partial charge >= 0.3 is 0 Å². The molecule has 0 aliphatic carbocycles. The Morgan fingerprint density at radius 3 is 2.70 bits per heavy atom. The van der Waals surface area contributed by atoms with E-state index < -0.39 is 0 Å². The van der Waals surface area contributed by atoms with E-state index in [1.807, 2.05) is 25.1 Å². The number of nitrogens with one attached hydrogen (secondary N) is 1. The Balaban J connectivity index is 2.33. The predicted octanol–water partition coefficient (Wildman–Crippen LogP) is 3.20. The van der Waals surface area contributed by atoms with Crippen LogP contribution in [0.15, 0.2) is 18.2 Å². The van der Waals surface area contributed by atoms with Gasteiger partial charge in [-0.05, 0) is 59.3 Å². The number of unbranched alkanes of at least 4 members (excludes halogenated alkanes) is 1. The summed E-state index contributed by atoms with van der Waals surface area (Å²) in [5.74, 6) is 0.761. The van der Waals surface area contributed by atoms with Crippen LogP contribution in [0.5, 0.6) is 5.75 Å². The van der Waals surface area contributed by atoms with Gasteiger partial charge < -0.3 is 20.7 Å². The Labute approximate surface area is 123 Å². The number of para-hydroxylation sites is 1. The molecule has 0 fully saturated rings. The van der Waals surface area contributed by atoms with Crippen LogP contribution in [0.1, 0.15) is 33.6 Å². The molecule has 0 saturated heterocycles. The Bertz CT molecular complexity index is 393. The maximum absolute atomic E-state index is 6.08. The number of nitrogen functional groups attached to an aromatic ring is 1. The van der Waals surface area contributed by atoms with Crippen molar-refractivity contribution in [1.29, 1.82) is 0 Å². The van der Waals surface area contributed by atoms with Crippen molar-refractivity contribution in [2.45, 2.75) is 39.7 Å². The van der Waals surface area contributed by atoms with Crippen molar-refractivity contribution in [2.24, 2.45) is 0 Å². The second-order valence-electron chi connectivity index (χ2n) is 5.36. The third-order valence-corrected chi connectivity index (χ3v) is 3.50. The van der Waals surface area contributed by atoms with Gasteiger partial charge in [0.2, 0.25) is 0 Å². The lowest BCUT2D eigenvalue weighted by molar-refractivity contribution is 0.269. The molecule has 0 aliphatic heterocycles. The molecule has 0 amide bonds. The standard InChI is InChI=1S/C16H29N3O/c1-5-20-15-10-8-9-14(16(15)17)18-11-6-7-12-19(4)13(2)3/h8-10,13,18H,5-7,11-12,17H2,1-4H3. The number of hydrogen-bond acceptors (Lipinski definition) is 4. The molecule has 1 rings (SSSR count). The number of benzene rings is 1. The zero-order valence-electron chi connectivity index (χ0n) is 13.3. The molecule has 0 heterocycles. The van der Waals surface area contributed by atoms with Gasteiger partial charge in [-0.25, -0.2) is 0 Å². The van der Waals surface area contributed by atoms with E-state index in [0.717, 1.165) is 30.9 Å². The number of nitrogens with zero attached hydrogens (tertiary/aromatic N) is 1. The van der Waals surface area contributed by atoms with Gasteiger partial charge in [0.05, 0.1) is 18.0 Å². The van der Waals surface area contributed by atoms with Crippen molar-refractivity contribution >= 4 is 11.4 Å². The highest BCUT2D eigenvalue weighted by atomic mass is 16.5. The first kappa shape index (κ1) is 16.6. The van der Waals surface area contributed by atoms with Crippen LogP contribution < -0.4 is 15.8 Å². The van der Waals surface area contributed by atoms with E-state index in [0.29, 0.717) is 18.3 Å². The lowest BCUT2D eigenvalue weighted by Crippen LogP contribution is -2.27. The SMILES string of the molecule is CCOc1cccc(NCCCCN(C)C(C)C)c1N. The third kappa shape index (κ3) is 5.29. The normalized spacial score (nSPS) is 11.1. The van der Waals surface area contributed by atoms with E-state index in [9.17, 15) is 0 Å². The van der Waals surface area contributed by atoms with Crippen LogP contribution in [-0.2, 0) is 0 Å². The van der Waals surface area contributed by atoms with Crippen molar-refractivity contribution in [3.63, 3.8) is 0 Å². The summed E-state index contributed by atoms with van der Waals surface area (Å²) >= 11 is 0. The largest absolute Gasteiger partial charge is 0.492 e. The molecule has 4 nitrogen and oxygen atoms in total. The summed E-state index contributed by atoms with van der Waals surface area (Å²) in [6, 6.07) is 6.48. The summed E-state index contributed by atoms with van der Waals surface area (Å²) in [4.78, 5) is 2.37. The van der Waals surface area contributed by atoms with Gasteiger partial charge in [0.1, 0.15) is 5.75 Å². The first-order valence-electron chi connectivity index (χ1n) is 7.51. The zero-order valence-corrected chi connectivity index (χ0v) is 13.3. The van der Waals surface area contributed by atoms with E-state index in [2.05, 4.69) is 31.1 Å². The lowest BCUT2D eigenvalue weighted by Gasteiger charge is -2.20. The maximum Gasteiger partial charge on any atom is 0.144 e. The minimum atomic E-state index is 0.612. The molecule has 1 aromatic rings. The minimum absolute atomic E-state index is 0.612. The number of ether oxygens (including phenoxy) is 1. The summed E-state index contributed by atoms with van der Waals surface area (Å²) < 4.78 is 5.49. The zero-order chi connectivity index (χ0) is 15.0. The van der Waals surface area contributed by atoms with Crippen molar-refractivity contribution in [3.05, 3.63) is 18.2 Å². The second kappa shape index (κ2) is 8.69. The highest BCUT2D eigenvalue weighted by Crippen LogP contribution is 2.29. The minimum Gasteiger partial charge on any atom is -0.492 e. The van der Waals surface area contributed by atoms with E-state index in [-0.39, 0.29) is 0 Å². The van der Waals surface area contributed by atoms with Crippen LogP contribution in [-0.4, -0.2) is 37.7 Å². The quantitative estimate of drug-likeness (QED) is 0.538. The molecule has 0 aliphatic rings. The molecule has 0 radical (unpaired) electrons. The molecule has 20 heavy (non-hydrogen) atoms. The Morgan fingerprint density at radius 2 is 2.05 bits per heavy atom. The van der Waals surface area contributed by atoms with E-state index in [1.165, 1.54) is 6.42 Å². The van der Waals surface area contributed by atoms with Crippen molar-refractivity contribution < 1.29 is 4.74 Å². The number of nitrogens with two attached hydrogens (primary N) is 1. The molecule has 114 valence electrons. The van der Waals surface area contributed by atoms with E-state index in [1.54, 1.807) is 0 Å². The molecule has 3 N–H and O–H groups in total. The van der Waals surface area contributed by atoms with Crippen molar-refractivity contribution in [1.82, 2.24) is 4.90 Å². The van der Waals surface area contributed by atoms with Gasteiger partial charge in [-0.15, -0.1) is 0 Å². The molecule has 0 unspecified atom stereocenters. The number of anilines is 2. The van der Waals surface area contributed by atoms with E-state index >= 15 is 0 Å². The monoisotopic (exact) mass is 279 g/mol. The summed E-state index contributed by atoms with van der Waals surface area (Å²) in [6.45, 7) is 9.11. The highest BCUT2D eigenvalue weighted by Gasteiger charge is 2.05. The smallest absolute Gasteiger partial charge is 0.144 e. The molecular formula is C16H29N3O. The Hall–Kier alpha value is -1.42. The van der Waals surface area contributed by atoms with E-state index in [4.69, 9.17) is 10.5 Å². The summed E-state index contributed by atoms with van der Waals surface area (Å²) in [5, 5.41) is 3.39. The molecular weight excluding hydrogens is 250 g/mol. The highest BCUT2D eigenvalue weighted by molar-refractivity contribution is 5.72. The summed E-state index contributed by atoms with van der Waals surface area (Å²) in [6.07, 6.45) is 2.32. The summed E-state index contributed by atoms with van der Waals surface area (Å²) in [7, 11) is 2.17. The first-order valence-corrected chi connectivity index (χ1v) is 7.51. The average Bonchev–Trinajstić information content (AvgIpc) is 2.42. The van der Waals surface area contributed by atoms with Crippen molar-refractivity contribution in [3.8, 4) is 5.75 Å². The van der Waals surface area contributed by atoms with Crippen LogP contribution in [0.3, 0.4) is 0 Å². The van der Waals surface area contributed by atoms with Gasteiger partial charge in [0.25, 0.3) is 0 Å². The van der Waals surface area contributed by atoms with Crippen LogP contribution in [0, 0.1) is 0 Å². The van der Waals surface area contributed by atoms with Crippen molar-refractivity contribution in [2.75, 3.05) is 37.8 Å². The van der Waals surface area contributed by atoms with Crippen LogP contribution in [0.25, 0.3) is 0 Å². The molecule has 0 aromatic heterocycles. The predicted molar refractivity (Wildman–Crippen MR) is 87.5 cm³/mol. The molecule has 0 bridgehead atoms. The molecule has 0 spiro atoms. The fourth-order valence-electron chi connectivity index (χ4n) is 1.95. The topological polar surface area (TPSA) is 50.5 Å². The maximum atomic E-state index is 6.08. The van der Waals surface area contributed by atoms with Gasteiger partial charge in [0, 0.05) is 12.6 Å². The molecule has 1 aromatic carbocycles. The third-order valence-electron chi connectivity index (χ3n) is 3.50. The fourth-order valence-corrected chi connectivity index (χ4v) is 1.95. The molecule has 0 saturated carbocycles. The van der Waals surface area contributed by atoms with Gasteiger partial charge in [-0.2, -0.15) is 0 Å². The first-order chi connectivity index (χ1) is 9.56. The summed E-state index contributed by atoms with van der Waals surface area (Å²) in [5.41, 5.74) is 7.74. The molecule has 4 heteroatoms. The number of hydrogen-bond donors (Lipinski definition) is 2. The number of rotatable bonds is 9. The lowest BCUT2D eigenvalue weighted by atomic mass is 10.2. The average molecular weight is 279 g/mol. The van der Waals surface area contributed by atoms with Crippen LogP contribution in [0.4, 0.5) is 11.4 Å². The molecule has 0 atom stereocenters. The van der Waals surface area contributed by atoms with Crippen LogP contribution >= 0.6 is 0 Å². The van der Waals surface area contributed by atoms with Gasteiger partial charge in [-0.1, -0.05) is 6.07 Å². The Morgan fingerprint density at radius 1 is 1.30 bits per heavy atom. The fraction of sp³-hybridized carbons (Fsp3) is 0.625. The van der Waals surface area contributed by atoms with Gasteiger partial charge in [0.15, 0.2) is 0 Å². The Kier molecular flexibility index (Phi) is 7.23. The second-order valence-corrected chi connectivity index (χ2v) is 5.36. The van der Waals surface area contributed by atoms with Crippen LogP contribution in [0.2, 0.25) is 0 Å².